The lowest BCUT2D eigenvalue weighted by Gasteiger charge is -2.25. The molecule has 1 aromatic carbocycles. The van der Waals surface area contributed by atoms with Crippen molar-refractivity contribution in [2.75, 3.05) is 12.5 Å². The van der Waals surface area contributed by atoms with E-state index in [1.165, 1.54) is 10.3 Å². The summed E-state index contributed by atoms with van der Waals surface area (Å²) in [6.45, 7) is 0. The van der Waals surface area contributed by atoms with Gasteiger partial charge in [-0.25, -0.2) is 0 Å². The zero-order valence-electron chi connectivity index (χ0n) is 8.27. The average molecular weight is 223 g/mol. The molecule has 0 spiro atoms. The van der Waals surface area contributed by atoms with E-state index >= 15 is 0 Å². The van der Waals surface area contributed by atoms with Crippen molar-refractivity contribution in [3.05, 3.63) is 36.5 Å². The molecule has 0 bridgehead atoms. The summed E-state index contributed by atoms with van der Waals surface area (Å²) in [5.74, 6) is 0. The lowest BCUT2D eigenvalue weighted by molar-refractivity contribution is 1.35. The van der Waals surface area contributed by atoms with Gasteiger partial charge in [0.2, 0.25) is 0 Å². The lowest BCUT2D eigenvalue weighted by atomic mass is 10.2. The van der Waals surface area contributed by atoms with Crippen molar-refractivity contribution in [1.82, 2.24) is 4.98 Å². The third-order valence-corrected chi connectivity index (χ3v) is 4.13. The number of rotatable bonds is 1. The normalized spacial score (nSPS) is 13.1. The Hall–Kier alpha value is -0.670. The first-order valence-electron chi connectivity index (χ1n) is 4.38. The molecular formula is C11H13NS2. The summed E-state index contributed by atoms with van der Waals surface area (Å²) in [5, 5.41) is 1.19. The summed E-state index contributed by atoms with van der Waals surface area (Å²) in [5.41, 5.74) is 1.09. The highest BCUT2D eigenvalue weighted by molar-refractivity contribution is 8.87. The van der Waals surface area contributed by atoms with Crippen LogP contribution in [0.3, 0.4) is 0 Å². The maximum Gasteiger partial charge on any atom is 0.0829 e. The predicted molar refractivity (Wildman–Crippen MR) is 68.4 cm³/mol. The Morgan fingerprint density at radius 3 is 2.57 bits per heavy atom. The second-order valence-electron chi connectivity index (χ2n) is 3.60. The Morgan fingerprint density at radius 2 is 1.86 bits per heavy atom. The standard InChI is InChI=1S/C11H13NS2/c1-14(2,13)10-7-3-5-9-6-4-8-12-11(9)10/h3-8,13H,1-2H3. The maximum absolute atomic E-state index is 4.66. The van der Waals surface area contributed by atoms with Crippen LogP contribution in [0.1, 0.15) is 0 Å². The molecule has 0 amide bonds. The first kappa shape index (κ1) is 9.87. The van der Waals surface area contributed by atoms with Gasteiger partial charge in [-0.05, 0) is 24.6 Å². The fourth-order valence-electron chi connectivity index (χ4n) is 1.48. The number of fused-ring (bicyclic) bond motifs is 1. The van der Waals surface area contributed by atoms with Gasteiger partial charge >= 0.3 is 0 Å². The molecule has 14 heavy (non-hydrogen) atoms. The molecule has 74 valence electrons. The molecule has 0 atom stereocenters. The van der Waals surface area contributed by atoms with E-state index in [9.17, 15) is 0 Å². The second kappa shape index (κ2) is 3.48. The van der Waals surface area contributed by atoms with Crippen molar-refractivity contribution in [3.8, 4) is 0 Å². The minimum Gasteiger partial charge on any atom is -0.255 e. The lowest BCUT2D eigenvalue weighted by Crippen LogP contribution is -1.90. The van der Waals surface area contributed by atoms with Crippen LogP contribution < -0.4 is 0 Å². The molecular weight excluding hydrogens is 210 g/mol. The van der Waals surface area contributed by atoms with Gasteiger partial charge in [0.15, 0.2) is 0 Å². The van der Waals surface area contributed by atoms with Crippen molar-refractivity contribution in [3.63, 3.8) is 0 Å². The number of hydrogen-bond donors (Lipinski definition) is 1. The molecule has 2 rings (SSSR count). The number of aromatic nitrogens is 1. The topological polar surface area (TPSA) is 12.9 Å². The van der Waals surface area contributed by atoms with E-state index in [2.05, 4.69) is 53.4 Å². The van der Waals surface area contributed by atoms with E-state index in [4.69, 9.17) is 0 Å². The first-order valence-corrected chi connectivity index (χ1v) is 7.89. The fourth-order valence-corrected chi connectivity index (χ4v) is 2.98. The Bertz CT molecular complexity index is 455. The van der Waals surface area contributed by atoms with Crippen LogP contribution in [0, 0.1) is 0 Å². The smallest absolute Gasteiger partial charge is 0.0829 e. The van der Waals surface area contributed by atoms with E-state index in [0.717, 1.165) is 5.52 Å². The summed E-state index contributed by atoms with van der Waals surface area (Å²) < 4.78 is 0. The van der Waals surface area contributed by atoms with E-state index < -0.39 is 9.06 Å². The molecule has 0 N–H and O–H groups in total. The van der Waals surface area contributed by atoms with Crippen LogP contribution >= 0.6 is 20.7 Å². The van der Waals surface area contributed by atoms with Crippen LogP contribution in [-0.4, -0.2) is 17.5 Å². The highest BCUT2D eigenvalue weighted by Gasteiger charge is 2.12. The van der Waals surface area contributed by atoms with E-state index in [0.29, 0.717) is 0 Å². The van der Waals surface area contributed by atoms with E-state index in [1.807, 2.05) is 12.3 Å². The Balaban J connectivity index is 2.78. The van der Waals surface area contributed by atoms with Gasteiger partial charge < -0.3 is 0 Å². The largest absolute Gasteiger partial charge is 0.255 e. The zero-order chi connectivity index (χ0) is 10.2. The van der Waals surface area contributed by atoms with Gasteiger partial charge in [0, 0.05) is 16.5 Å². The molecule has 1 aromatic heterocycles. The second-order valence-corrected chi connectivity index (χ2v) is 9.33. The molecule has 0 aliphatic heterocycles. The maximum atomic E-state index is 4.66. The van der Waals surface area contributed by atoms with Crippen LogP contribution in [0.2, 0.25) is 0 Å². The molecule has 0 aliphatic rings. The number of nitrogens with zero attached hydrogens (tertiary/aromatic N) is 1. The first-order chi connectivity index (χ1) is 6.59. The van der Waals surface area contributed by atoms with E-state index in [1.54, 1.807) is 0 Å². The summed E-state index contributed by atoms with van der Waals surface area (Å²) in [7, 11) is -0.997. The highest BCUT2D eigenvalue weighted by atomic mass is 33.1. The monoisotopic (exact) mass is 223 g/mol. The minimum absolute atomic E-state index is 0.997. The van der Waals surface area contributed by atoms with Gasteiger partial charge in [-0.15, -0.1) is 11.7 Å². The van der Waals surface area contributed by atoms with Gasteiger partial charge in [0.1, 0.15) is 0 Å². The van der Waals surface area contributed by atoms with Gasteiger partial charge in [-0.1, -0.05) is 18.2 Å². The Kier molecular flexibility index (Phi) is 2.45. The predicted octanol–water partition coefficient (Wildman–Crippen LogP) is 3.50. The van der Waals surface area contributed by atoms with Crippen LogP contribution in [0.5, 0.6) is 0 Å². The van der Waals surface area contributed by atoms with Gasteiger partial charge in [-0.2, -0.15) is 9.06 Å². The SMILES string of the molecule is CS(C)(S)c1cccc2cccnc12. The molecule has 0 fully saturated rings. The molecule has 0 unspecified atom stereocenters. The Labute approximate surface area is 90.7 Å². The average Bonchev–Trinajstić information content (AvgIpc) is 2.15. The van der Waals surface area contributed by atoms with Crippen molar-refractivity contribution in [1.29, 1.82) is 0 Å². The van der Waals surface area contributed by atoms with Crippen LogP contribution in [0.25, 0.3) is 10.9 Å². The van der Waals surface area contributed by atoms with Crippen LogP contribution in [0.15, 0.2) is 41.4 Å². The summed E-state index contributed by atoms with van der Waals surface area (Å²) in [6, 6.07) is 10.3. The van der Waals surface area contributed by atoms with Gasteiger partial charge in [0.25, 0.3) is 0 Å². The third-order valence-electron chi connectivity index (χ3n) is 2.13. The molecule has 0 saturated carbocycles. The summed E-state index contributed by atoms with van der Waals surface area (Å²) in [4.78, 5) is 5.68. The molecule has 0 radical (unpaired) electrons. The van der Waals surface area contributed by atoms with Crippen molar-refractivity contribution in [2.45, 2.75) is 4.90 Å². The molecule has 0 aliphatic carbocycles. The summed E-state index contributed by atoms with van der Waals surface area (Å²) >= 11 is 4.66. The summed E-state index contributed by atoms with van der Waals surface area (Å²) in [6.07, 6.45) is 6.17. The zero-order valence-corrected chi connectivity index (χ0v) is 9.98. The van der Waals surface area contributed by atoms with Gasteiger partial charge in [0.05, 0.1) is 5.52 Å². The Morgan fingerprint density at radius 1 is 1.14 bits per heavy atom. The molecule has 0 saturated heterocycles. The van der Waals surface area contributed by atoms with E-state index in [-0.39, 0.29) is 0 Å². The van der Waals surface area contributed by atoms with Crippen molar-refractivity contribution in [2.24, 2.45) is 0 Å². The minimum atomic E-state index is -0.997. The van der Waals surface area contributed by atoms with Gasteiger partial charge in [-0.3, -0.25) is 4.98 Å². The molecule has 3 heteroatoms. The van der Waals surface area contributed by atoms with Crippen LogP contribution in [-0.2, 0) is 0 Å². The highest BCUT2D eigenvalue weighted by Crippen LogP contribution is 2.55. The number of hydrogen-bond acceptors (Lipinski definition) is 2. The molecule has 2 aromatic rings. The van der Waals surface area contributed by atoms with Crippen LogP contribution in [0.4, 0.5) is 0 Å². The van der Waals surface area contributed by atoms with Crippen molar-refractivity contribution < 1.29 is 0 Å². The number of para-hydroxylation sites is 1. The molecule has 1 heterocycles. The number of thiol groups is 1. The number of benzene rings is 1. The third kappa shape index (κ3) is 1.74. The quantitative estimate of drug-likeness (QED) is 0.576. The fraction of sp³-hybridized carbons (Fsp3) is 0.182. The number of pyridine rings is 1. The molecule has 1 nitrogen and oxygen atoms in total. The van der Waals surface area contributed by atoms with Crippen molar-refractivity contribution >= 4 is 31.6 Å².